The molecule has 8 spiro atoms. The van der Waals surface area contributed by atoms with Crippen molar-refractivity contribution in [2.45, 2.75) is 340 Å². The maximum Gasteiger partial charge on any atom is 0.305 e. The minimum atomic E-state index is -0.503. The monoisotopic (exact) mass is 1230 g/mol. The van der Waals surface area contributed by atoms with E-state index in [-0.39, 0.29) is 42.5 Å². The molecule has 2 N–H and O–H groups in total. The topological polar surface area (TPSA) is 167 Å². The molecule has 0 unspecified atom stereocenters. The molecule has 14 nitrogen and oxygen atoms in total. The lowest BCUT2D eigenvalue weighted by molar-refractivity contribution is -0.202. The third kappa shape index (κ3) is 20.8. The molecule has 12 fully saturated rings. The largest absolute Gasteiger partial charge is 0.466 e. The van der Waals surface area contributed by atoms with Crippen LogP contribution >= 0.6 is 0 Å². The number of ether oxygens (including phenoxy) is 10. The lowest BCUT2D eigenvalue weighted by Crippen LogP contribution is -2.41. The van der Waals surface area contributed by atoms with Crippen LogP contribution in [0.4, 0.5) is 0 Å². The highest BCUT2D eigenvalue weighted by molar-refractivity contribution is 5.69. The average Bonchev–Trinajstić information content (AvgIpc) is 1.85. The highest BCUT2D eigenvalue weighted by Crippen LogP contribution is 2.60. The van der Waals surface area contributed by atoms with Crippen molar-refractivity contribution in [2.24, 2.45) is 45.3 Å². The fourth-order valence-corrected chi connectivity index (χ4v) is 19.9. The Labute approximate surface area is 528 Å². The highest BCUT2D eigenvalue weighted by Gasteiger charge is 2.55. The number of hydrogen-bond acceptors (Lipinski definition) is 14. The van der Waals surface area contributed by atoms with Gasteiger partial charge >= 0.3 is 11.9 Å². The molecule has 4 aliphatic heterocycles. The first-order valence-electron chi connectivity index (χ1n) is 36.0. The van der Waals surface area contributed by atoms with Crippen LogP contribution in [0.1, 0.15) is 306 Å². The fraction of sp³-hybridized carbons (Fsp3) is 0.973. The molecule has 0 aromatic rings. The van der Waals surface area contributed by atoms with E-state index in [9.17, 15) is 19.8 Å². The predicted molar refractivity (Wildman–Crippen MR) is 340 cm³/mol. The van der Waals surface area contributed by atoms with Crippen molar-refractivity contribution in [3.8, 4) is 0 Å². The maximum atomic E-state index is 11.4. The molecule has 504 valence electrons. The van der Waals surface area contributed by atoms with E-state index in [1.807, 2.05) is 41.5 Å². The number of aliphatic hydroxyl groups is 2. The molecular formula is C73H128O14. The van der Waals surface area contributed by atoms with Gasteiger partial charge in [-0.05, 0) is 254 Å². The smallest absolute Gasteiger partial charge is 0.305 e. The van der Waals surface area contributed by atoms with Crippen molar-refractivity contribution in [3.63, 3.8) is 0 Å². The van der Waals surface area contributed by atoms with Gasteiger partial charge in [0, 0.05) is 64.2 Å². The van der Waals surface area contributed by atoms with Gasteiger partial charge in [0.15, 0.2) is 23.1 Å². The van der Waals surface area contributed by atoms with Crippen molar-refractivity contribution in [2.75, 3.05) is 66.1 Å². The SMILES string of the molecule is C.CC(C)(O)CCC[C@@H]1CC[C@]2(CCCC3(C2)OCCO3)C1.CC(C)(O)CCC[C@H]1CC[C@]2(CCCC3(C2)OCCO3)C1.CCOC(=O)CCC[C@@H]1CC[C@]2(CCCC3(C2)OCCO3)C1.CCOC(=O)CCC[C@H]1CC[C@]2(CCCC3(C2)OCCO3)C1. The van der Waals surface area contributed by atoms with Crippen molar-refractivity contribution < 1.29 is 67.2 Å². The van der Waals surface area contributed by atoms with Gasteiger partial charge in [-0.1, -0.05) is 33.1 Å². The van der Waals surface area contributed by atoms with Gasteiger partial charge in [-0.25, -0.2) is 0 Å². The number of hydrogen-bond donors (Lipinski definition) is 2. The number of carbonyl (C=O) groups excluding carboxylic acids is 2. The zero-order valence-electron chi connectivity index (χ0n) is 55.5. The van der Waals surface area contributed by atoms with Gasteiger partial charge in [0.05, 0.1) is 77.3 Å². The standard InChI is InChI=1S/2C18H30O4.2C18H32O3.CH4/c2*1-2-20-16(19)6-3-5-15-7-10-17(13-15)8-4-9-18(14-17)21-11-12-22-18;2*1-16(2,19)7-3-5-15-6-10-17(13-15)8-4-9-18(14-17)20-11-12-21-18;/h2*15H,2-14H2,1H3;2*15,19H,3-14H2,1-2H3;1H4/t15-,17+;15-,17-;15-,17+;15-,17-;/m0101./s1. The van der Waals surface area contributed by atoms with Crippen LogP contribution in [0.15, 0.2) is 0 Å². The summed E-state index contributed by atoms with van der Waals surface area (Å²) in [6.45, 7) is 18.6. The molecule has 0 aromatic heterocycles. The molecule has 8 atom stereocenters. The molecule has 4 saturated heterocycles. The minimum Gasteiger partial charge on any atom is -0.466 e. The Hall–Kier alpha value is -1.46. The van der Waals surface area contributed by atoms with Crippen molar-refractivity contribution in [1.29, 1.82) is 0 Å². The number of carbonyl (C=O) groups is 2. The van der Waals surface area contributed by atoms with E-state index in [1.165, 1.54) is 141 Å². The quantitative estimate of drug-likeness (QED) is 0.124. The van der Waals surface area contributed by atoms with Gasteiger partial charge < -0.3 is 57.6 Å². The predicted octanol–water partition coefficient (Wildman–Crippen LogP) is 16.3. The van der Waals surface area contributed by atoms with Crippen LogP contribution in [0.3, 0.4) is 0 Å². The Bertz CT molecular complexity index is 1920. The van der Waals surface area contributed by atoms with Crippen LogP contribution < -0.4 is 0 Å². The molecule has 0 aromatic carbocycles. The summed E-state index contributed by atoms with van der Waals surface area (Å²) in [7, 11) is 0. The molecule has 0 radical (unpaired) electrons. The molecule has 87 heavy (non-hydrogen) atoms. The summed E-state index contributed by atoms with van der Waals surface area (Å²) >= 11 is 0. The molecule has 14 heteroatoms. The first-order valence-corrected chi connectivity index (χ1v) is 36.0. The van der Waals surface area contributed by atoms with Crippen molar-refractivity contribution in [1.82, 2.24) is 0 Å². The van der Waals surface area contributed by atoms with E-state index in [0.29, 0.717) is 47.7 Å². The normalized spacial score (nSPS) is 34.3. The van der Waals surface area contributed by atoms with Crippen LogP contribution in [0, 0.1) is 45.3 Å². The highest BCUT2D eigenvalue weighted by atomic mass is 16.8. The molecule has 12 aliphatic rings. The fourth-order valence-electron chi connectivity index (χ4n) is 19.9. The van der Waals surface area contributed by atoms with Crippen molar-refractivity contribution >= 4 is 11.9 Å². The zero-order valence-corrected chi connectivity index (χ0v) is 55.5. The van der Waals surface area contributed by atoms with Crippen LogP contribution in [-0.4, -0.2) is 123 Å². The molecule has 0 amide bonds. The van der Waals surface area contributed by atoms with E-state index in [1.54, 1.807) is 0 Å². The third-order valence-electron chi connectivity index (χ3n) is 23.5. The maximum absolute atomic E-state index is 11.4. The lowest BCUT2D eigenvalue weighted by Gasteiger charge is -2.43. The first-order chi connectivity index (χ1) is 41.1. The summed E-state index contributed by atoms with van der Waals surface area (Å²) in [5, 5.41) is 19.7. The van der Waals surface area contributed by atoms with Crippen LogP contribution in [0.25, 0.3) is 0 Å². The van der Waals surface area contributed by atoms with Gasteiger partial charge in [-0.15, -0.1) is 0 Å². The molecular weight excluding hydrogens is 1100 g/mol. The lowest BCUT2D eigenvalue weighted by atomic mass is 9.69. The molecule has 0 bridgehead atoms. The third-order valence-corrected chi connectivity index (χ3v) is 23.5. The Morgan fingerprint density at radius 3 is 0.862 bits per heavy atom. The Balaban J connectivity index is 0.000000150. The van der Waals surface area contributed by atoms with Crippen molar-refractivity contribution in [3.05, 3.63) is 0 Å². The molecule has 4 heterocycles. The van der Waals surface area contributed by atoms with E-state index in [4.69, 9.17) is 47.4 Å². The number of rotatable bonds is 18. The Morgan fingerprint density at radius 2 is 0.632 bits per heavy atom. The van der Waals surface area contributed by atoms with Gasteiger partial charge in [-0.2, -0.15) is 0 Å². The van der Waals surface area contributed by atoms with Crippen LogP contribution in [0.2, 0.25) is 0 Å². The second-order valence-corrected chi connectivity index (χ2v) is 31.8. The summed E-state index contributed by atoms with van der Waals surface area (Å²) in [6.07, 6.45) is 47.2. The second kappa shape index (κ2) is 31.6. The summed E-state index contributed by atoms with van der Waals surface area (Å²) in [4.78, 5) is 22.9. The van der Waals surface area contributed by atoms with E-state index in [0.717, 1.165) is 179 Å². The summed E-state index contributed by atoms with van der Waals surface area (Å²) in [6, 6.07) is 0. The van der Waals surface area contributed by atoms with Gasteiger partial charge in [0.2, 0.25) is 0 Å². The van der Waals surface area contributed by atoms with Gasteiger partial charge in [0.25, 0.3) is 0 Å². The van der Waals surface area contributed by atoms with Crippen LogP contribution in [0.5, 0.6) is 0 Å². The summed E-state index contributed by atoms with van der Waals surface area (Å²) in [5.74, 6) is 2.21. The minimum absolute atomic E-state index is 0. The van der Waals surface area contributed by atoms with Gasteiger partial charge in [-0.3, -0.25) is 9.59 Å². The zero-order chi connectivity index (χ0) is 60.9. The molecule has 8 aliphatic carbocycles. The molecule has 8 saturated carbocycles. The van der Waals surface area contributed by atoms with E-state index >= 15 is 0 Å². The number of esters is 2. The van der Waals surface area contributed by atoms with Crippen LogP contribution in [-0.2, 0) is 57.0 Å². The Morgan fingerprint density at radius 1 is 0.391 bits per heavy atom. The first kappa shape index (κ1) is 71.4. The van der Waals surface area contributed by atoms with E-state index in [2.05, 4.69) is 0 Å². The van der Waals surface area contributed by atoms with Gasteiger partial charge in [0.1, 0.15) is 0 Å². The summed E-state index contributed by atoms with van der Waals surface area (Å²) in [5.41, 5.74) is 0.853. The molecule has 12 rings (SSSR count). The second-order valence-electron chi connectivity index (χ2n) is 31.8. The average molecular weight is 1230 g/mol. The summed E-state index contributed by atoms with van der Waals surface area (Å²) < 4.78 is 57.7. The van der Waals surface area contributed by atoms with E-state index < -0.39 is 11.2 Å². The Kier molecular flexibility index (Phi) is 26.0.